The van der Waals surface area contributed by atoms with Crippen LogP contribution < -0.4 is 0 Å². The molecule has 1 saturated carbocycles. The second kappa shape index (κ2) is 2.76. The van der Waals surface area contributed by atoms with E-state index in [0.29, 0.717) is 11.8 Å². The van der Waals surface area contributed by atoms with Crippen molar-refractivity contribution in [2.24, 2.45) is 23.7 Å². The molecule has 3 nitrogen and oxygen atoms in total. The molecule has 4 atom stereocenters. The molecule has 2 amide bonds. The number of rotatable bonds is 0. The Morgan fingerprint density at radius 2 is 1.50 bits per heavy atom. The molecule has 1 aliphatic heterocycles. The zero-order valence-electron chi connectivity index (χ0n) is 9.93. The van der Waals surface area contributed by atoms with Crippen molar-refractivity contribution in [1.82, 2.24) is 4.90 Å². The molecular formula is C13H17NO2. The Labute approximate surface area is 95.5 Å². The Morgan fingerprint density at radius 3 is 1.88 bits per heavy atom. The van der Waals surface area contributed by atoms with Gasteiger partial charge in [-0.3, -0.25) is 14.5 Å². The molecule has 86 valence electrons. The smallest absolute Gasteiger partial charge is 0.234 e. The Morgan fingerprint density at radius 1 is 1.06 bits per heavy atom. The van der Waals surface area contributed by atoms with Gasteiger partial charge in [-0.25, -0.2) is 0 Å². The molecule has 0 unspecified atom stereocenters. The molecule has 2 fully saturated rings. The van der Waals surface area contributed by atoms with Gasteiger partial charge in [-0.1, -0.05) is 12.2 Å². The second-order valence-corrected chi connectivity index (χ2v) is 6.18. The molecule has 0 spiro atoms. The van der Waals surface area contributed by atoms with Crippen LogP contribution in [0.3, 0.4) is 0 Å². The van der Waals surface area contributed by atoms with E-state index >= 15 is 0 Å². The summed E-state index contributed by atoms with van der Waals surface area (Å²) in [6.45, 7) is 5.79. The summed E-state index contributed by atoms with van der Waals surface area (Å²) in [6.07, 6.45) is 5.26. The number of imide groups is 1. The molecule has 2 aliphatic carbocycles. The van der Waals surface area contributed by atoms with Crippen LogP contribution in [0.2, 0.25) is 0 Å². The Balaban J connectivity index is 2.01. The van der Waals surface area contributed by atoms with E-state index in [1.807, 2.05) is 20.8 Å². The first-order valence-corrected chi connectivity index (χ1v) is 5.97. The van der Waals surface area contributed by atoms with Crippen LogP contribution in [0.5, 0.6) is 0 Å². The molecule has 3 rings (SSSR count). The van der Waals surface area contributed by atoms with Crippen molar-refractivity contribution in [2.45, 2.75) is 32.7 Å². The maximum Gasteiger partial charge on any atom is 0.234 e. The van der Waals surface area contributed by atoms with Crippen LogP contribution in [-0.2, 0) is 9.59 Å². The van der Waals surface area contributed by atoms with Crippen molar-refractivity contribution in [3.63, 3.8) is 0 Å². The van der Waals surface area contributed by atoms with Gasteiger partial charge in [0.25, 0.3) is 0 Å². The van der Waals surface area contributed by atoms with E-state index in [9.17, 15) is 9.59 Å². The van der Waals surface area contributed by atoms with Crippen molar-refractivity contribution < 1.29 is 9.59 Å². The van der Waals surface area contributed by atoms with Crippen LogP contribution in [0.25, 0.3) is 0 Å². The van der Waals surface area contributed by atoms with Gasteiger partial charge in [-0.15, -0.1) is 0 Å². The monoisotopic (exact) mass is 219 g/mol. The average molecular weight is 219 g/mol. The van der Waals surface area contributed by atoms with Crippen LogP contribution in [0, 0.1) is 23.7 Å². The third kappa shape index (κ3) is 1.04. The van der Waals surface area contributed by atoms with Gasteiger partial charge in [0, 0.05) is 5.54 Å². The lowest BCUT2D eigenvalue weighted by Crippen LogP contribution is -2.46. The number of amides is 2. The van der Waals surface area contributed by atoms with Crippen molar-refractivity contribution in [3.05, 3.63) is 12.2 Å². The molecule has 0 aromatic heterocycles. The molecule has 16 heavy (non-hydrogen) atoms. The highest BCUT2D eigenvalue weighted by Gasteiger charge is 2.60. The normalized spacial score (nSPS) is 41.1. The maximum atomic E-state index is 12.3. The first kappa shape index (κ1) is 10.1. The van der Waals surface area contributed by atoms with E-state index in [-0.39, 0.29) is 29.2 Å². The third-order valence-electron chi connectivity index (χ3n) is 4.14. The van der Waals surface area contributed by atoms with Gasteiger partial charge in [0.15, 0.2) is 0 Å². The number of allylic oxidation sites excluding steroid dienone is 2. The number of nitrogens with zero attached hydrogens (tertiary/aromatic N) is 1. The van der Waals surface area contributed by atoms with E-state index in [4.69, 9.17) is 0 Å². The number of likely N-dealkylation sites (tertiary alicyclic amines) is 1. The minimum absolute atomic E-state index is 0.0540. The molecule has 1 heterocycles. The zero-order valence-corrected chi connectivity index (χ0v) is 9.93. The van der Waals surface area contributed by atoms with Gasteiger partial charge in [0.1, 0.15) is 0 Å². The first-order valence-electron chi connectivity index (χ1n) is 5.97. The average Bonchev–Trinajstić information content (AvgIpc) is 2.77. The summed E-state index contributed by atoms with van der Waals surface area (Å²) in [7, 11) is 0. The van der Waals surface area contributed by atoms with E-state index in [1.54, 1.807) is 0 Å². The number of hydrogen-bond donors (Lipinski definition) is 0. The Kier molecular flexibility index (Phi) is 1.74. The summed E-state index contributed by atoms with van der Waals surface area (Å²) >= 11 is 0. The largest absolute Gasteiger partial charge is 0.277 e. The summed E-state index contributed by atoms with van der Waals surface area (Å²) in [5.74, 6) is 0.639. The highest BCUT2D eigenvalue weighted by Crippen LogP contribution is 2.53. The summed E-state index contributed by atoms with van der Waals surface area (Å²) in [6, 6.07) is 0. The predicted molar refractivity (Wildman–Crippen MR) is 59.3 cm³/mol. The van der Waals surface area contributed by atoms with Crippen LogP contribution in [-0.4, -0.2) is 22.3 Å². The van der Waals surface area contributed by atoms with Crippen molar-refractivity contribution in [2.75, 3.05) is 0 Å². The van der Waals surface area contributed by atoms with Crippen molar-refractivity contribution in [3.8, 4) is 0 Å². The molecule has 1 saturated heterocycles. The van der Waals surface area contributed by atoms with Gasteiger partial charge < -0.3 is 0 Å². The van der Waals surface area contributed by atoms with Gasteiger partial charge in [-0.05, 0) is 39.0 Å². The molecule has 3 heteroatoms. The van der Waals surface area contributed by atoms with E-state index < -0.39 is 0 Å². The first-order chi connectivity index (χ1) is 7.41. The number of fused-ring (bicyclic) bond motifs is 5. The van der Waals surface area contributed by atoms with Gasteiger partial charge in [-0.2, -0.15) is 0 Å². The fourth-order valence-corrected chi connectivity index (χ4v) is 3.56. The van der Waals surface area contributed by atoms with Crippen LogP contribution in [0.15, 0.2) is 12.2 Å². The Bertz CT molecular complexity index is 375. The van der Waals surface area contributed by atoms with Crippen LogP contribution in [0.4, 0.5) is 0 Å². The molecular weight excluding hydrogens is 202 g/mol. The quantitative estimate of drug-likeness (QED) is 0.458. The van der Waals surface area contributed by atoms with Gasteiger partial charge >= 0.3 is 0 Å². The number of carbonyl (C=O) groups excluding carboxylic acids is 2. The van der Waals surface area contributed by atoms with Gasteiger partial charge in [0.05, 0.1) is 11.8 Å². The minimum atomic E-state index is -0.377. The fourth-order valence-electron chi connectivity index (χ4n) is 3.56. The lowest BCUT2D eigenvalue weighted by Gasteiger charge is -2.31. The SMILES string of the molecule is CC(C)(C)N1C(=O)[C@@H]2[C@H](C1=O)[C@@H]1C=C[C@H]2C1. The number of hydrogen-bond acceptors (Lipinski definition) is 2. The lowest BCUT2D eigenvalue weighted by molar-refractivity contribution is -0.146. The number of carbonyl (C=O) groups is 2. The summed E-state index contributed by atoms with van der Waals surface area (Å²) in [5.41, 5.74) is -0.377. The molecule has 0 aromatic rings. The molecule has 0 radical (unpaired) electrons. The standard InChI is InChI=1S/C13H17NO2/c1-13(2,3)14-11(15)9-7-4-5-8(6-7)10(9)12(14)16/h4-5,7-10H,6H2,1-3H3/t7-,8+,9-,10+. The minimum Gasteiger partial charge on any atom is -0.277 e. The lowest BCUT2D eigenvalue weighted by atomic mass is 9.85. The topological polar surface area (TPSA) is 37.4 Å². The third-order valence-corrected chi connectivity index (χ3v) is 4.14. The van der Waals surface area contributed by atoms with Crippen molar-refractivity contribution >= 4 is 11.8 Å². The van der Waals surface area contributed by atoms with Crippen LogP contribution in [0.1, 0.15) is 27.2 Å². The molecule has 3 aliphatic rings. The van der Waals surface area contributed by atoms with Gasteiger partial charge in [0.2, 0.25) is 11.8 Å². The summed E-state index contributed by atoms with van der Waals surface area (Å²) in [5, 5.41) is 0. The van der Waals surface area contributed by atoms with E-state index in [0.717, 1.165) is 6.42 Å². The predicted octanol–water partition coefficient (Wildman–Crippen LogP) is 1.59. The molecule has 0 N–H and O–H groups in total. The van der Waals surface area contributed by atoms with Crippen LogP contribution >= 0.6 is 0 Å². The fraction of sp³-hybridized carbons (Fsp3) is 0.692. The molecule has 2 bridgehead atoms. The zero-order chi connectivity index (χ0) is 11.7. The van der Waals surface area contributed by atoms with Crippen molar-refractivity contribution in [1.29, 1.82) is 0 Å². The highest BCUT2D eigenvalue weighted by atomic mass is 16.2. The second-order valence-electron chi connectivity index (χ2n) is 6.18. The maximum absolute atomic E-state index is 12.3. The summed E-state index contributed by atoms with van der Waals surface area (Å²) in [4.78, 5) is 26.1. The summed E-state index contributed by atoms with van der Waals surface area (Å²) < 4.78 is 0. The van der Waals surface area contributed by atoms with E-state index in [2.05, 4.69) is 12.2 Å². The molecule has 0 aromatic carbocycles. The Hall–Kier alpha value is -1.12. The van der Waals surface area contributed by atoms with E-state index in [1.165, 1.54) is 4.90 Å². The highest BCUT2D eigenvalue weighted by molar-refractivity contribution is 6.07.